The van der Waals surface area contributed by atoms with Crippen molar-refractivity contribution in [3.8, 4) is 0 Å². The number of nitrogens with zero attached hydrogens (tertiary/aromatic N) is 3. The van der Waals surface area contributed by atoms with E-state index in [0.717, 1.165) is 11.3 Å². The van der Waals surface area contributed by atoms with Crippen LogP contribution in [0, 0.1) is 5.92 Å². The van der Waals surface area contributed by atoms with Crippen LogP contribution in [0.4, 0.5) is 0 Å². The van der Waals surface area contributed by atoms with Gasteiger partial charge in [-0.3, -0.25) is 9.59 Å². The third-order valence-electron chi connectivity index (χ3n) is 4.53. The molecule has 0 spiro atoms. The third kappa shape index (κ3) is 4.36. The van der Waals surface area contributed by atoms with Crippen LogP contribution < -0.4 is 5.32 Å². The molecule has 0 radical (unpaired) electrons. The highest BCUT2D eigenvalue weighted by molar-refractivity contribution is 5.83. The first kappa shape index (κ1) is 17.4. The van der Waals surface area contributed by atoms with Gasteiger partial charge in [-0.1, -0.05) is 6.07 Å². The van der Waals surface area contributed by atoms with Gasteiger partial charge in [0.05, 0.1) is 18.2 Å². The predicted octanol–water partition coefficient (Wildman–Crippen LogP) is 0.878. The standard InChI is InChI=1S/C18H24N4O3/c1-25-11-10-22-12-14(5-6-17(22)23)18(24)19-8-7-15-13-21-9-3-2-4-16(21)20-15/h2-4,9,13-14H,5-8,10-12H2,1H3,(H,19,24)/t14-/m1/s1. The minimum atomic E-state index is -0.143. The second kappa shape index (κ2) is 8.11. The number of methoxy groups -OCH3 is 1. The number of likely N-dealkylation sites (tertiary alicyclic amines) is 1. The Hall–Kier alpha value is -2.41. The van der Waals surface area contributed by atoms with Crippen LogP contribution in [0.3, 0.4) is 0 Å². The van der Waals surface area contributed by atoms with E-state index in [1.807, 2.05) is 35.0 Å². The number of carbonyl (C=O) groups excluding carboxylic acids is 2. The molecule has 25 heavy (non-hydrogen) atoms. The van der Waals surface area contributed by atoms with Crippen LogP contribution in [0.15, 0.2) is 30.6 Å². The number of hydrogen-bond donors (Lipinski definition) is 1. The van der Waals surface area contributed by atoms with Crippen LogP contribution in [0.25, 0.3) is 5.65 Å². The van der Waals surface area contributed by atoms with Gasteiger partial charge in [0.25, 0.3) is 0 Å². The van der Waals surface area contributed by atoms with E-state index in [9.17, 15) is 9.59 Å². The molecule has 1 atom stereocenters. The van der Waals surface area contributed by atoms with Crippen molar-refractivity contribution >= 4 is 17.5 Å². The minimum absolute atomic E-state index is 0.0127. The van der Waals surface area contributed by atoms with Crippen LogP contribution in [0.1, 0.15) is 18.5 Å². The van der Waals surface area contributed by atoms with Crippen LogP contribution in [-0.4, -0.2) is 59.4 Å². The summed E-state index contributed by atoms with van der Waals surface area (Å²) >= 11 is 0. The lowest BCUT2D eigenvalue weighted by molar-refractivity contribution is -0.138. The van der Waals surface area contributed by atoms with Gasteiger partial charge in [-0.2, -0.15) is 0 Å². The zero-order valence-electron chi connectivity index (χ0n) is 14.5. The molecule has 2 amide bonds. The highest BCUT2D eigenvalue weighted by Gasteiger charge is 2.29. The number of amides is 2. The molecule has 1 aliphatic rings. The number of piperidine rings is 1. The molecular weight excluding hydrogens is 320 g/mol. The molecule has 0 unspecified atom stereocenters. The zero-order chi connectivity index (χ0) is 17.6. The molecule has 0 saturated carbocycles. The molecular formula is C18H24N4O3. The summed E-state index contributed by atoms with van der Waals surface area (Å²) in [5.74, 6) is -0.0277. The maximum atomic E-state index is 12.4. The first-order valence-electron chi connectivity index (χ1n) is 8.64. The normalized spacial score (nSPS) is 17.9. The van der Waals surface area contributed by atoms with Crippen molar-refractivity contribution in [2.24, 2.45) is 5.92 Å². The molecule has 0 aliphatic carbocycles. The van der Waals surface area contributed by atoms with E-state index in [1.165, 1.54) is 0 Å². The maximum Gasteiger partial charge on any atom is 0.224 e. The summed E-state index contributed by atoms with van der Waals surface area (Å²) in [6, 6.07) is 5.86. The zero-order valence-corrected chi connectivity index (χ0v) is 14.5. The maximum absolute atomic E-state index is 12.4. The minimum Gasteiger partial charge on any atom is -0.383 e. The van der Waals surface area contributed by atoms with E-state index in [2.05, 4.69) is 10.3 Å². The summed E-state index contributed by atoms with van der Waals surface area (Å²) in [6.45, 7) is 2.06. The molecule has 1 fully saturated rings. The molecule has 3 rings (SSSR count). The summed E-state index contributed by atoms with van der Waals surface area (Å²) < 4.78 is 6.99. The highest BCUT2D eigenvalue weighted by Crippen LogP contribution is 2.17. The second-order valence-corrected chi connectivity index (χ2v) is 6.31. The summed E-state index contributed by atoms with van der Waals surface area (Å²) in [4.78, 5) is 30.5. The smallest absolute Gasteiger partial charge is 0.224 e. The summed E-state index contributed by atoms with van der Waals surface area (Å²) in [5, 5.41) is 2.98. The van der Waals surface area contributed by atoms with E-state index in [0.29, 0.717) is 45.5 Å². The number of pyridine rings is 1. The van der Waals surface area contributed by atoms with Crippen LogP contribution in [0.2, 0.25) is 0 Å². The average Bonchev–Trinajstić information content (AvgIpc) is 3.03. The van der Waals surface area contributed by atoms with Crippen molar-refractivity contribution in [1.82, 2.24) is 19.6 Å². The monoisotopic (exact) mass is 344 g/mol. The molecule has 2 aromatic heterocycles. The second-order valence-electron chi connectivity index (χ2n) is 6.31. The number of aromatic nitrogens is 2. The van der Waals surface area contributed by atoms with E-state index in [-0.39, 0.29) is 17.7 Å². The Bertz CT molecular complexity index is 710. The van der Waals surface area contributed by atoms with Crippen molar-refractivity contribution in [1.29, 1.82) is 0 Å². The van der Waals surface area contributed by atoms with Gasteiger partial charge in [0.15, 0.2) is 0 Å². The van der Waals surface area contributed by atoms with Crippen molar-refractivity contribution in [3.05, 3.63) is 36.3 Å². The van der Waals surface area contributed by atoms with Gasteiger partial charge in [-0.15, -0.1) is 0 Å². The first-order chi connectivity index (χ1) is 12.2. The fourth-order valence-electron chi connectivity index (χ4n) is 3.11. The molecule has 1 saturated heterocycles. The number of imidazole rings is 1. The molecule has 1 aliphatic heterocycles. The van der Waals surface area contributed by atoms with E-state index >= 15 is 0 Å². The van der Waals surface area contributed by atoms with Crippen molar-refractivity contribution in [2.45, 2.75) is 19.3 Å². The van der Waals surface area contributed by atoms with E-state index in [1.54, 1.807) is 12.0 Å². The highest BCUT2D eigenvalue weighted by atomic mass is 16.5. The fraction of sp³-hybridized carbons (Fsp3) is 0.500. The molecule has 2 aromatic rings. The van der Waals surface area contributed by atoms with Gasteiger partial charge in [-0.05, 0) is 18.6 Å². The SMILES string of the molecule is COCCN1C[C@H](C(=O)NCCc2cn3ccccc3n2)CCC1=O. The van der Waals surface area contributed by atoms with Gasteiger partial charge in [0, 0.05) is 52.0 Å². The Kier molecular flexibility index (Phi) is 5.65. The van der Waals surface area contributed by atoms with E-state index < -0.39 is 0 Å². The van der Waals surface area contributed by atoms with Gasteiger partial charge >= 0.3 is 0 Å². The van der Waals surface area contributed by atoms with Crippen molar-refractivity contribution in [3.63, 3.8) is 0 Å². The first-order valence-corrected chi connectivity index (χ1v) is 8.64. The molecule has 7 heteroatoms. The average molecular weight is 344 g/mol. The summed E-state index contributed by atoms with van der Waals surface area (Å²) in [7, 11) is 1.61. The van der Waals surface area contributed by atoms with Gasteiger partial charge in [0.1, 0.15) is 5.65 Å². The Balaban J connectivity index is 1.47. The Morgan fingerprint density at radius 2 is 2.32 bits per heavy atom. The predicted molar refractivity (Wildman–Crippen MR) is 93.1 cm³/mol. The van der Waals surface area contributed by atoms with Crippen LogP contribution >= 0.6 is 0 Å². The summed E-state index contributed by atoms with van der Waals surface area (Å²) in [5.41, 5.74) is 1.86. The Morgan fingerprint density at radius 1 is 1.44 bits per heavy atom. The summed E-state index contributed by atoms with van der Waals surface area (Å²) in [6.07, 6.45) is 5.66. The molecule has 134 valence electrons. The lowest BCUT2D eigenvalue weighted by Crippen LogP contribution is -2.47. The molecule has 3 heterocycles. The number of ether oxygens (including phenoxy) is 1. The van der Waals surface area contributed by atoms with Crippen LogP contribution in [0.5, 0.6) is 0 Å². The Morgan fingerprint density at radius 3 is 3.12 bits per heavy atom. The van der Waals surface area contributed by atoms with Gasteiger partial charge < -0.3 is 19.4 Å². The number of rotatable bonds is 7. The topological polar surface area (TPSA) is 75.9 Å². The lowest BCUT2D eigenvalue weighted by atomic mass is 9.96. The molecule has 7 nitrogen and oxygen atoms in total. The lowest BCUT2D eigenvalue weighted by Gasteiger charge is -2.31. The molecule has 0 bridgehead atoms. The largest absolute Gasteiger partial charge is 0.383 e. The van der Waals surface area contributed by atoms with E-state index in [4.69, 9.17) is 4.74 Å². The Labute approximate surface area is 147 Å². The third-order valence-corrected chi connectivity index (χ3v) is 4.53. The quantitative estimate of drug-likeness (QED) is 0.809. The van der Waals surface area contributed by atoms with Crippen LogP contribution in [-0.2, 0) is 20.7 Å². The van der Waals surface area contributed by atoms with Gasteiger partial charge in [-0.25, -0.2) is 4.98 Å². The fourth-order valence-corrected chi connectivity index (χ4v) is 3.11. The number of carbonyl (C=O) groups is 2. The van der Waals surface area contributed by atoms with Gasteiger partial charge in [0.2, 0.25) is 11.8 Å². The number of hydrogen-bond acceptors (Lipinski definition) is 4. The number of fused-ring (bicyclic) bond motifs is 1. The van der Waals surface area contributed by atoms with Crippen molar-refractivity contribution in [2.75, 3.05) is 33.4 Å². The molecule has 0 aromatic carbocycles. The molecule has 1 N–H and O–H groups in total. The van der Waals surface area contributed by atoms with Crippen molar-refractivity contribution < 1.29 is 14.3 Å². The number of nitrogens with one attached hydrogen (secondary N) is 1.